The molecular weight excluding hydrogens is 598 g/mol. The molecule has 0 saturated carbocycles. The third-order valence-corrected chi connectivity index (χ3v) is 4.99. The molecule has 0 atom stereocenters. The SMILES string of the molecule is CC(=O)c1ccc(F)cc1Br.CCOC(=O)CC(=O)c1ccc(F)cc1Br.CCOC(=O)OCC. The molecule has 35 heavy (non-hydrogen) atoms. The van der Waals surface area contributed by atoms with Crippen LogP contribution < -0.4 is 0 Å². The zero-order valence-electron chi connectivity index (χ0n) is 19.7. The predicted molar refractivity (Wildman–Crippen MR) is 132 cm³/mol. The Kier molecular flexibility index (Phi) is 16.4. The van der Waals surface area contributed by atoms with E-state index in [4.69, 9.17) is 0 Å². The Morgan fingerprint density at radius 1 is 0.743 bits per heavy atom. The second-order valence-electron chi connectivity index (χ2n) is 6.33. The highest BCUT2D eigenvalue weighted by Crippen LogP contribution is 2.20. The summed E-state index contributed by atoms with van der Waals surface area (Å²) < 4.78 is 39.6. The van der Waals surface area contributed by atoms with E-state index >= 15 is 0 Å². The van der Waals surface area contributed by atoms with Gasteiger partial charge in [0.05, 0.1) is 19.8 Å². The van der Waals surface area contributed by atoms with Gasteiger partial charge in [0.2, 0.25) is 0 Å². The minimum absolute atomic E-state index is 0.0723. The number of esters is 1. The van der Waals surface area contributed by atoms with Crippen LogP contribution in [0.2, 0.25) is 0 Å². The number of benzene rings is 2. The highest BCUT2D eigenvalue weighted by Gasteiger charge is 2.15. The van der Waals surface area contributed by atoms with Gasteiger partial charge in [0.25, 0.3) is 0 Å². The fourth-order valence-corrected chi connectivity index (χ4v) is 3.41. The van der Waals surface area contributed by atoms with Gasteiger partial charge in [0, 0.05) is 20.1 Å². The van der Waals surface area contributed by atoms with Crippen molar-refractivity contribution in [3.8, 4) is 0 Å². The van der Waals surface area contributed by atoms with Crippen molar-refractivity contribution in [3.63, 3.8) is 0 Å². The van der Waals surface area contributed by atoms with Gasteiger partial charge >= 0.3 is 12.1 Å². The van der Waals surface area contributed by atoms with Gasteiger partial charge in [0.1, 0.15) is 18.1 Å². The summed E-state index contributed by atoms with van der Waals surface area (Å²) in [6, 6.07) is 7.68. The molecule has 11 heteroatoms. The Bertz CT molecular complexity index is 1010. The molecule has 0 aliphatic carbocycles. The fraction of sp³-hybridized carbons (Fsp3) is 0.333. The summed E-state index contributed by atoms with van der Waals surface area (Å²) >= 11 is 6.15. The monoisotopic (exact) mass is 622 g/mol. The molecule has 0 aliphatic rings. The van der Waals surface area contributed by atoms with Crippen molar-refractivity contribution in [2.45, 2.75) is 34.1 Å². The maximum absolute atomic E-state index is 12.8. The number of ketones is 2. The third-order valence-electron chi connectivity index (χ3n) is 3.68. The van der Waals surface area contributed by atoms with Crippen LogP contribution in [0.1, 0.15) is 54.8 Å². The lowest BCUT2D eigenvalue weighted by Crippen LogP contribution is -2.11. The van der Waals surface area contributed by atoms with Crippen LogP contribution >= 0.6 is 31.9 Å². The number of ether oxygens (including phenoxy) is 3. The highest BCUT2D eigenvalue weighted by molar-refractivity contribution is 9.10. The number of carbonyl (C=O) groups excluding carboxylic acids is 4. The maximum Gasteiger partial charge on any atom is 0.508 e. The summed E-state index contributed by atoms with van der Waals surface area (Å²) in [6.45, 7) is 7.55. The van der Waals surface area contributed by atoms with Crippen molar-refractivity contribution in [1.29, 1.82) is 0 Å². The van der Waals surface area contributed by atoms with Gasteiger partial charge in [-0.25, -0.2) is 13.6 Å². The average molecular weight is 624 g/mol. The molecule has 2 aromatic carbocycles. The van der Waals surface area contributed by atoms with Gasteiger partial charge < -0.3 is 14.2 Å². The van der Waals surface area contributed by atoms with E-state index in [1.54, 1.807) is 20.8 Å². The number of carbonyl (C=O) groups is 4. The lowest BCUT2D eigenvalue weighted by molar-refractivity contribution is -0.141. The van der Waals surface area contributed by atoms with Crippen LogP contribution in [0.4, 0.5) is 13.6 Å². The van der Waals surface area contributed by atoms with Crippen LogP contribution in [-0.4, -0.2) is 43.5 Å². The van der Waals surface area contributed by atoms with E-state index in [2.05, 4.69) is 46.1 Å². The standard InChI is InChI=1S/C11H10BrFO3.C8H6BrFO.C5H10O3/c1-2-16-11(15)6-10(14)8-4-3-7(13)5-9(8)12;1-5(11)7-3-2-6(10)4-8(7)9;1-3-7-5(6)8-4-2/h3-5H,2,6H2,1H3;2-4H,1H3;3-4H2,1-2H3. The topological polar surface area (TPSA) is 96.0 Å². The van der Waals surface area contributed by atoms with Gasteiger partial charge in [0.15, 0.2) is 11.6 Å². The quantitative estimate of drug-likeness (QED) is 0.192. The zero-order chi connectivity index (χ0) is 27.0. The van der Waals surface area contributed by atoms with E-state index in [1.165, 1.54) is 43.3 Å². The lowest BCUT2D eigenvalue weighted by Gasteiger charge is -2.03. The highest BCUT2D eigenvalue weighted by atomic mass is 79.9. The van der Waals surface area contributed by atoms with E-state index in [-0.39, 0.29) is 30.2 Å². The van der Waals surface area contributed by atoms with Crippen molar-refractivity contribution in [1.82, 2.24) is 0 Å². The third kappa shape index (κ3) is 13.7. The summed E-state index contributed by atoms with van der Waals surface area (Å²) in [5.41, 5.74) is 0.779. The molecule has 0 amide bonds. The molecule has 0 N–H and O–H groups in total. The number of Topliss-reactive ketones (excluding diaryl/α,β-unsaturated/α-hetero) is 2. The van der Waals surface area contributed by atoms with Gasteiger partial charge in [-0.3, -0.25) is 14.4 Å². The van der Waals surface area contributed by atoms with Crippen molar-refractivity contribution in [3.05, 3.63) is 68.1 Å². The van der Waals surface area contributed by atoms with Crippen LogP contribution in [-0.2, 0) is 19.0 Å². The second kappa shape index (κ2) is 17.7. The fourth-order valence-electron chi connectivity index (χ4n) is 2.21. The van der Waals surface area contributed by atoms with Gasteiger partial charge in [-0.05, 0) is 96.0 Å². The second-order valence-corrected chi connectivity index (χ2v) is 8.03. The first-order chi connectivity index (χ1) is 16.5. The van der Waals surface area contributed by atoms with Crippen LogP contribution in [0.25, 0.3) is 0 Å². The van der Waals surface area contributed by atoms with Gasteiger partial charge in [-0.1, -0.05) is 0 Å². The van der Waals surface area contributed by atoms with Crippen LogP contribution in [0.15, 0.2) is 45.3 Å². The van der Waals surface area contributed by atoms with Crippen LogP contribution in [0.3, 0.4) is 0 Å². The van der Waals surface area contributed by atoms with E-state index in [0.29, 0.717) is 27.7 Å². The normalized spacial score (nSPS) is 9.49. The van der Waals surface area contributed by atoms with Crippen LogP contribution in [0.5, 0.6) is 0 Å². The average Bonchev–Trinajstić information content (AvgIpc) is 2.74. The van der Waals surface area contributed by atoms with E-state index in [9.17, 15) is 28.0 Å². The predicted octanol–water partition coefficient (Wildman–Crippen LogP) is 6.69. The Balaban J connectivity index is 0.000000530. The zero-order valence-corrected chi connectivity index (χ0v) is 22.8. The summed E-state index contributed by atoms with van der Waals surface area (Å²) in [6.07, 6.45) is -0.923. The summed E-state index contributed by atoms with van der Waals surface area (Å²) in [5.74, 6) is -1.84. The maximum atomic E-state index is 12.8. The van der Waals surface area contributed by atoms with E-state index in [1.807, 2.05) is 0 Å². The molecule has 0 radical (unpaired) electrons. The molecule has 0 unspecified atom stereocenters. The molecule has 0 aliphatic heterocycles. The summed E-state index contributed by atoms with van der Waals surface area (Å²) in [7, 11) is 0. The van der Waals surface area contributed by atoms with Crippen molar-refractivity contribution >= 4 is 55.6 Å². The number of halogens is 4. The number of rotatable bonds is 7. The van der Waals surface area contributed by atoms with E-state index in [0.717, 1.165) is 0 Å². The first kappa shape index (κ1) is 32.3. The minimum atomic E-state index is -0.588. The van der Waals surface area contributed by atoms with Crippen molar-refractivity contribution < 1.29 is 42.2 Å². The Morgan fingerprint density at radius 2 is 1.17 bits per heavy atom. The molecule has 0 bridgehead atoms. The van der Waals surface area contributed by atoms with Crippen molar-refractivity contribution in [2.75, 3.05) is 19.8 Å². The molecule has 0 fully saturated rings. The minimum Gasteiger partial charge on any atom is -0.466 e. The Morgan fingerprint density at radius 3 is 1.54 bits per heavy atom. The Labute approximate surface area is 219 Å². The first-order valence-corrected chi connectivity index (χ1v) is 11.9. The molecule has 192 valence electrons. The van der Waals surface area contributed by atoms with Gasteiger partial charge in [-0.15, -0.1) is 0 Å². The summed E-state index contributed by atoms with van der Waals surface area (Å²) in [5, 5.41) is 0. The van der Waals surface area contributed by atoms with E-state index < -0.39 is 23.7 Å². The van der Waals surface area contributed by atoms with Crippen LogP contribution in [0, 0.1) is 11.6 Å². The number of hydrogen-bond donors (Lipinski definition) is 0. The molecule has 0 spiro atoms. The Hall–Kier alpha value is -2.66. The summed E-state index contributed by atoms with van der Waals surface area (Å²) in [4.78, 5) is 43.7. The molecule has 2 rings (SSSR count). The first-order valence-electron chi connectivity index (χ1n) is 10.4. The number of hydrogen-bond acceptors (Lipinski definition) is 7. The molecule has 0 heterocycles. The molecule has 7 nitrogen and oxygen atoms in total. The smallest absolute Gasteiger partial charge is 0.466 e. The van der Waals surface area contributed by atoms with Gasteiger partial charge in [-0.2, -0.15) is 0 Å². The molecule has 2 aromatic rings. The van der Waals surface area contributed by atoms with Crippen molar-refractivity contribution in [2.24, 2.45) is 0 Å². The molecule has 0 saturated heterocycles. The largest absolute Gasteiger partial charge is 0.508 e. The molecule has 0 aromatic heterocycles. The lowest BCUT2D eigenvalue weighted by atomic mass is 10.1. The molecular formula is C24H26Br2F2O7.